The Hall–Kier alpha value is -1.25. The number of phosphoric acid groups is 1. The van der Waals surface area contributed by atoms with E-state index in [1.165, 1.54) is 360 Å². The number of quaternary nitrogens is 1. The molecule has 0 spiro atoms. The molecule has 0 aliphatic carbocycles. The van der Waals surface area contributed by atoms with Gasteiger partial charge in [-0.05, 0) is 38.5 Å². The van der Waals surface area contributed by atoms with Gasteiger partial charge in [-0.2, -0.15) is 0 Å². The van der Waals surface area contributed by atoms with Crippen molar-refractivity contribution in [2.75, 3.05) is 47.5 Å². The smallest absolute Gasteiger partial charge is 0.462 e. The Labute approximate surface area is 549 Å². The van der Waals surface area contributed by atoms with Crippen LogP contribution in [-0.4, -0.2) is 74.9 Å². The van der Waals surface area contributed by atoms with Crippen LogP contribution in [0.2, 0.25) is 0 Å². The van der Waals surface area contributed by atoms with Crippen molar-refractivity contribution >= 4 is 19.8 Å². The quantitative estimate of drug-likeness (QED) is 0.0211. The van der Waals surface area contributed by atoms with Crippen molar-refractivity contribution in [3.63, 3.8) is 0 Å². The Morgan fingerprint density at radius 2 is 0.580 bits per heavy atom. The fourth-order valence-corrected chi connectivity index (χ4v) is 13.0. The normalized spacial score (nSPS) is 13.0. The molecule has 0 saturated heterocycles. The number of ether oxygens (including phenoxy) is 2. The number of unbranched alkanes of at least 4 members (excludes halogenated alkanes) is 59. The molecule has 0 radical (unpaired) electrons. The monoisotopic (exact) mass is 1270 g/mol. The van der Waals surface area contributed by atoms with Crippen LogP contribution in [0, 0.1) is 0 Å². The standard InChI is InChI=1S/C78H154NO8P/c1-6-8-10-12-14-16-18-20-22-24-26-28-30-32-33-34-35-36-37-38-39-40-41-42-43-44-45-47-48-50-52-54-56-58-60-62-64-66-68-70-77(80)84-74-76(75-86-88(82,83)85-73-72-79(3,4)5)87-78(81)71-69-67-65-63-61-59-57-55-53-51-49-46-31-29-27-25-23-21-19-17-15-13-11-9-7-2/h25,27,76H,6-24,26,28-75H2,1-5H3/p+1/b27-25-. The second-order valence-corrected chi connectivity index (χ2v) is 29.9. The van der Waals surface area contributed by atoms with Crippen molar-refractivity contribution in [3.05, 3.63) is 12.2 Å². The van der Waals surface area contributed by atoms with Gasteiger partial charge in [-0.1, -0.05) is 386 Å². The Morgan fingerprint density at radius 1 is 0.341 bits per heavy atom. The summed E-state index contributed by atoms with van der Waals surface area (Å²) < 4.78 is 34.8. The van der Waals surface area contributed by atoms with Crippen LogP contribution in [0.5, 0.6) is 0 Å². The number of hydrogen-bond donors (Lipinski definition) is 1. The molecule has 0 rings (SSSR count). The Morgan fingerprint density at radius 3 is 0.841 bits per heavy atom. The SMILES string of the molecule is CCCCCCCCCC/C=C\CCCCCCCCCCCCCCCC(=O)OC(COC(=O)CCCCCCCCCCCCCCCCCCCCCCCCCCCCCCCCCCCCCCCCC)COP(=O)(O)OCC[N+](C)(C)C. The van der Waals surface area contributed by atoms with E-state index in [9.17, 15) is 19.0 Å². The second-order valence-electron chi connectivity index (χ2n) is 28.5. The third-order valence-electron chi connectivity index (χ3n) is 18.3. The first kappa shape index (κ1) is 86.8. The molecule has 2 atom stereocenters. The Kier molecular flexibility index (Phi) is 69.1. The highest BCUT2D eigenvalue weighted by atomic mass is 31.2. The third-order valence-corrected chi connectivity index (χ3v) is 19.3. The summed E-state index contributed by atoms with van der Waals surface area (Å²) in [5.41, 5.74) is 0. The van der Waals surface area contributed by atoms with Crippen LogP contribution < -0.4 is 0 Å². The van der Waals surface area contributed by atoms with Crippen molar-refractivity contribution in [1.29, 1.82) is 0 Å². The van der Waals surface area contributed by atoms with Crippen LogP contribution in [-0.2, 0) is 32.7 Å². The van der Waals surface area contributed by atoms with E-state index in [1.54, 1.807) is 0 Å². The first-order valence-electron chi connectivity index (χ1n) is 39.4. The zero-order valence-corrected chi connectivity index (χ0v) is 60.9. The summed E-state index contributed by atoms with van der Waals surface area (Å²) in [6.45, 7) is 4.53. The van der Waals surface area contributed by atoms with E-state index in [2.05, 4.69) is 26.0 Å². The maximum Gasteiger partial charge on any atom is 0.472 e. The van der Waals surface area contributed by atoms with E-state index in [0.717, 1.165) is 32.1 Å². The third kappa shape index (κ3) is 73.8. The van der Waals surface area contributed by atoms with Gasteiger partial charge in [0.1, 0.15) is 19.8 Å². The van der Waals surface area contributed by atoms with Crippen molar-refractivity contribution in [2.45, 2.75) is 431 Å². The lowest BCUT2D eigenvalue weighted by molar-refractivity contribution is -0.870. The summed E-state index contributed by atoms with van der Waals surface area (Å²) >= 11 is 0. The second kappa shape index (κ2) is 70.1. The topological polar surface area (TPSA) is 108 Å². The fraction of sp³-hybridized carbons (Fsp3) is 0.949. The van der Waals surface area contributed by atoms with Crippen molar-refractivity contribution < 1.29 is 42.1 Å². The average Bonchev–Trinajstić information content (AvgIpc) is 3.57. The van der Waals surface area contributed by atoms with E-state index in [-0.39, 0.29) is 25.6 Å². The summed E-state index contributed by atoms with van der Waals surface area (Å²) in [5.74, 6) is -0.770. The van der Waals surface area contributed by atoms with E-state index in [4.69, 9.17) is 18.5 Å². The number of rotatable bonds is 75. The van der Waals surface area contributed by atoms with Crippen LogP contribution in [0.3, 0.4) is 0 Å². The van der Waals surface area contributed by atoms with Crippen LogP contribution in [0.25, 0.3) is 0 Å². The van der Waals surface area contributed by atoms with Crippen LogP contribution in [0.15, 0.2) is 12.2 Å². The molecule has 0 aliphatic rings. The molecular formula is C78H155NO8P+. The van der Waals surface area contributed by atoms with Gasteiger partial charge in [0.25, 0.3) is 0 Å². The maximum atomic E-state index is 12.9. The number of hydrogen-bond acceptors (Lipinski definition) is 7. The molecule has 0 aromatic carbocycles. The minimum Gasteiger partial charge on any atom is -0.462 e. The number of carbonyl (C=O) groups is 2. The zero-order chi connectivity index (χ0) is 64.1. The summed E-state index contributed by atoms with van der Waals surface area (Å²) in [5, 5.41) is 0. The predicted octanol–water partition coefficient (Wildman–Crippen LogP) is 25.8. The Bertz CT molecular complexity index is 1490. The molecule has 0 fully saturated rings. The van der Waals surface area contributed by atoms with Gasteiger partial charge >= 0.3 is 19.8 Å². The summed E-state index contributed by atoms with van der Waals surface area (Å²) in [6, 6.07) is 0. The molecule has 2 unspecified atom stereocenters. The first-order valence-corrected chi connectivity index (χ1v) is 40.9. The van der Waals surface area contributed by atoms with Gasteiger partial charge in [0.15, 0.2) is 6.10 Å². The van der Waals surface area contributed by atoms with Crippen molar-refractivity contribution in [1.82, 2.24) is 0 Å². The van der Waals surface area contributed by atoms with E-state index < -0.39 is 26.5 Å². The lowest BCUT2D eigenvalue weighted by Crippen LogP contribution is -2.37. The molecule has 0 aliphatic heterocycles. The fourth-order valence-electron chi connectivity index (χ4n) is 12.3. The first-order chi connectivity index (χ1) is 43.0. The zero-order valence-electron chi connectivity index (χ0n) is 60.0. The summed E-state index contributed by atoms with van der Waals surface area (Å²) in [6.07, 6.45) is 88.0. The molecule has 88 heavy (non-hydrogen) atoms. The molecular weight excluding hydrogens is 1110 g/mol. The molecule has 0 aromatic rings. The summed E-state index contributed by atoms with van der Waals surface area (Å²) in [4.78, 5) is 35.9. The number of esters is 2. The van der Waals surface area contributed by atoms with Gasteiger partial charge in [-0.15, -0.1) is 0 Å². The maximum absolute atomic E-state index is 12.9. The molecule has 0 saturated carbocycles. The van der Waals surface area contributed by atoms with Gasteiger partial charge in [0.05, 0.1) is 27.7 Å². The molecule has 0 heterocycles. The highest BCUT2D eigenvalue weighted by Crippen LogP contribution is 2.43. The highest BCUT2D eigenvalue weighted by Gasteiger charge is 2.27. The largest absolute Gasteiger partial charge is 0.472 e. The molecule has 524 valence electrons. The lowest BCUT2D eigenvalue weighted by Gasteiger charge is -2.24. The molecule has 0 aromatic heterocycles. The van der Waals surface area contributed by atoms with Crippen molar-refractivity contribution in [3.8, 4) is 0 Å². The van der Waals surface area contributed by atoms with Crippen LogP contribution in [0.4, 0.5) is 0 Å². The Balaban J connectivity index is 3.86. The molecule has 0 amide bonds. The number of allylic oxidation sites excluding steroid dienone is 2. The molecule has 1 N–H and O–H groups in total. The van der Waals surface area contributed by atoms with E-state index in [1.807, 2.05) is 21.1 Å². The number of carbonyl (C=O) groups excluding carboxylic acids is 2. The van der Waals surface area contributed by atoms with Gasteiger partial charge in [-0.25, -0.2) is 4.57 Å². The van der Waals surface area contributed by atoms with Crippen LogP contribution >= 0.6 is 7.82 Å². The van der Waals surface area contributed by atoms with Gasteiger partial charge in [0.2, 0.25) is 0 Å². The number of phosphoric ester groups is 1. The highest BCUT2D eigenvalue weighted by molar-refractivity contribution is 7.47. The van der Waals surface area contributed by atoms with Crippen LogP contribution in [0.1, 0.15) is 425 Å². The predicted molar refractivity (Wildman–Crippen MR) is 381 cm³/mol. The van der Waals surface area contributed by atoms with Gasteiger partial charge < -0.3 is 18.9 Å². The average molecular weight is 1270 g/mol. The number of nitrogens with zero attached hydrogens (tertiary/aromatic N) is 1. The minimum absolute atomic E-state index is 0.0361. The van der Waals surface area contributed by atoms with Gasteiger partial charge in [0, 0.05) is 12.8 Å². The molecule has 10 heteroatoms. The summed E-state index contributed by atoms with van der Waals surface area (Å²) in [7, 11) is 1.50. The molecule has 9 nitrogen and oxygen atoms in total. The van der Waals surface area contributed by atoms with E-state index in [0.29, 0.717) is 23.9 Å². The van der Waals surface area contributed by atoms with E-state index >= 15 is 0 Å². The van der Waals surface area contributed by atoms with Crippen molar-refractivity contribution in [2.24, 2.45) is 0 Å². The molecule has 0 bridgehead atoms. The van der Waals surface area contributed by atoms with Gasteiger partial charge in [-0.3, -0.25) is 18.6 Å². The minimum atomic E-state index is -4.39. The lowest BCUT2D eigenvalue weighted by atomic mass is 10.0. The number of likely N-dealkylation sites (N-methyl/N-ethyl adjacent to an activating group) is 1.